The SMILES string of the molecule is Cc1nn(C)cc1/C=C/CCBr. The van der Waals surface area contributed by atoms with E-state index < -0.39 is 0 Å². The van der Waals surface area contributed by atoms with E-state index >= 15 is 0 Å². The van der Waals surface area contributed by atoms with Crippen molar-refractivity contribution in [2.24, 2.45) is 7.05 Å². The van der Waals surface area contributed by atoms with Crippen LogP contribution in [0.5, 0.6) is 0 Å². The van der Waals surface area contributed by atoms with E-state index in [1.54, 1.807) is 0 Å². The van der Waals surface area contributed by atoms with Crippen LogP contribution in [0.2, 0.25) is 0 Å². The van der Waals surface area contributed by atoms with Crippen LogP contribution in [-0.4, -0.2) is 15.1 Å². The van der Waals surface area contributed by atoms with Gasteiger partial charge in [0, 0.05) is 24.1 Å². The van der Waals surface area contributed by atoms with E-state index in [-0.39, 0.29) is 0 Å². The van der Waals surface area contributed by atoms with E-state index in [2.05, 4.69) is 33.2 Å². The van der Waals surface area contributed by atoms with Gasteiger partial charge in [0.05, 0.1) is 5.69 Å². The molecule has 0 saturated heterocycles. The Morgan fingerprint density at radius 2 is 2.42 bits per heavy atom. The molecule has 0 spiro atoms. The first-order chi connectivity index (χ1) is 5.74. The van der Waals surface area contributed by atoms with E-state index in [0.717, 1.165) is 17.4 Å². The lowest BCUT2D eigenvalue weighted by molar-refractivity contribution is 0.756. The Bertz CT molecular complexity index is 276. The quantitative estimate of drug-likeness (QED) is 0.728. The lowest BCUT2D eigenvalue weighted by atomic mass is 10.2. The van der Waals surface area contributed by atoms with Crippen molar-refractivity contribution in [3.8, 4) is 0 Å². The molecule has 1 aromatic heterocycles. The van der Waals surface area contributed by atoms with Crippen LogP contribution in [0.25, 0.3) is 6.08 Å². The molecule has 12 heavy (non-hydrogen) atoms. The van der Waals surface area contributed by atoms with Crippen LogP contribution in [-0.2, 0) is 7.05 Å². The molecule has 0 atom stereocenters. The highest BCUT2D eigenvalue weighted by Gasteiger charge is 1.96. The molecular formula is C9H13BrN2. The third kappa shape index (κ3) is 2.48. The minimum absolute atomic E-state index is 1.02. The molecule has 0 aliphatic carbocycles. The first-order valence-corrected chi connectivity index (χ1v) is 5.09. The normalized spacial score (nSPS) is 11.2. The number of alkyl halides is 1. The maximum atomic E-state index is 4.24. The van der Waals surface area contributed by atoms with Gasteiger partial charge in [-0.2, -0.15) is 5.10 Å². The molecule has 2 nitrogen and oxygen atoms in total. The summed E-state index contributed by atoms with van der Waals surface area (Å²) in [6, 6.07) is 0. The zero-order chi connectivity index (χ0) is 8.97. The second-order valence-electron chi connectivity index (χ2n) is 2.72. The molecule has 0 aliphatic rings. The predicted octanol–water partition coefficient (Wildman–Crippen LogP) is 2.53. The third-order valence-electron chi connectivity index (χ3n) is 1.62. The molecule has 0 fully saturated rings. The minimum atomic E-state index is 1.02. The van der Waals surface area contributed by atoms with E-state index in [1.165, 1.54) is 5.56 Å². The van der Waals surface area contributed by atoms with Crippen LogP contribution in [0.15, 0.2) is 12.3 Å². The van der Waals surface area contributed by atoms with Crippen LogP contribution < -0.4 is 0 Å². The van der Waals surface area contributed by atoms with Gasteiger partial charge < -0.3 is 0 Å². The van der Waals surface area contributed by atoms with Gasteiger partial charge in [0.2, 0.25) is 0 Å². The van der Waals surface area contributed by atoms with E-state index in [4.69, 9.17) is 0 Å². The summed E-state index contributed by atoms with van der Waals surface area (Å²) in [5, 5.41) is 5.26. The number of hydrogen-bond donors (Lipinski definition) is 0. The van der Waals surface area contributed by atoms with Crippen molar-refractivity contribution in [2.45, 2.75) is 13.3 Å². The van der Waals surface area contributed by atoms with E-state index in [9.17, 15) is 0 Å². The first kappa shape index (κ1) is 9.52. The van der Waals surface area contributed by atoms with Gasteiger partial charge in [-0.3, -0.25) is 4.68 Å². The molecule has 3 heteroatoms. The van der Waals surface area contributed by atoms with Crippen LogP contribution in [0.3, 0.4) is 0 Å². The summed E-state index contributed by atoms with van der Waals surface area (Å²) in [5.41, 5.74) is 2.29. The molecule has 66 valence electrons. The van der Waals surface area contributed by atoms with Crippen molar-refractivity contribution in [2.75, 3.05) is 5.33 Å². The van der Waals surface area contributed by atoms with Crippen LogP contribution in [0.1, 0.15) is 17.7 Å². The summed E-state index contributed by atoms with van der Waals surface area (Å²) in [5.74, 6) is 0. The lowest BCUT2D eigenvalue weighted by Crippen LogP contribution is -1.86. The van der Waals surface area contributed by atoms with Crippen molar-refractivity contribution in [1.82, 2.24) is 9.78 Å². The molecule has 0 saturated carbocycles. The molecule has 0 aliphatic heterocycles. The number of nitrogens with zero attached hydrogens (tertiary/aromatic N) is 2. The summed E-state index contributed by atoms with van der Waals surface area (Å²) in [7, 11) is 1.94. The van der Waals surface area contributed by atoms with Gasteiger partial charge in [-0.25, -0.2) is 0 Å². The largest absolute Gasteiger partial charge is 0.275 e. The van der Waals surface area contributed by atoms with Crippen molar-refractivity contribution in [1.29, 1.82) is 0 Å². The summed E-state index contributed by atoms with van der Waals surface area (Å²) >= 11 is 3.37. The Morgan fingerprint density at radius 3 is 2.92 bits per heavy atom. The van der Waals surface area contributed by atoms with E-state index in [0.29, 0.717) is 0 Å². The maximum absolute atomic E-state index is 4.24. The minimum Gasteiger partial charge on any atom is -0.275 e. The maximum Gasteiger partial charge on any atom is 0.0665 e. The average Bonchev–Trinajstić information content (AvgIpc) is 2.31. The Hall–Kier alpha value is -0.570. The molecule has 1 heterocycles. The predicted molar refractivity (Wildman–Crippen MR) is 55.4 cm³/mol. The molecular weight excluding hydrogens is 216 g/mol. The fraction of sp³-hybridized carbons (Fsp3) is 0.444. The van der Waals surface area contributed by atoms with Gasteiger partial charge >= 0.3 is 0 Å². The highest BCUT2D eigenvalue weighted by Crippen LogP contribution is 2.07. The molecule has 0 radical (unpaired) electrons. The number of aryl methyl sites for hydroxylation is 2. The summed E-state index contributed by atoms with van der Waals surface area (Å²) < 4.78 is 1.84. The zero-order valence-corrected chi connectivity index (χ0v) is 9.00. The van der Waals surface area contributed by atoms with E-state index in [1.807, 2.05) is 24.9 Å². The van der Waals surface area contributed by atoms with Crippen molar-refractivity contribution < 1.29 is 0 Å². The lowest BCUT2D eigenvalue weighted by Gasteiger charge is -1.86. The zero-order valence-electron chi connectivity index (χ0n) is 7.42. The number of allylic oxidation sites excluding steroid dienone is 1. The van der Waals surface area contributed by atoms with Crippen LogP contribution >= 0.6 is 15.9 Å². The van der Waals surface area contributed by atoms with Crippen LogP contribution in [0.4, 0.5) is 0 Å². The number of hydrogen-bond acceptors (Lipinski definition) is 1. The second kappa shape index (κ2) is 4.45. The van der Waals surface area contributed by atoms with Gasteiger partial charge in [-0.05, 0) is 13.3 Å². The number of rotatable bonds is 3. The average molecular weight is 229 g/mol. The van der Waals surface area contributed by atoms with Crippen LogP contribution in [0, 0.1) is 6.92 Å². The Balaban J connectivity index is 2.68. The fourth-order valence-electron chi connectivity index (χ4n) is 1.05. The Kier molecular flexibility index (Phi) is 3.53. The Morgan fingerprint density at radius 1 is 1.67 bits per heavy atom. The molecule has 0 aromatic carbocycles. The fourth-order valence-corrected chi connectivity index (χ4v) is 1.32. The van der Waals surface area contributed by atoms with Gasteiger partial charge in [0.15, 0.2) is 0 Å². The topological polar surface area (TPSA) is 17.8 Å². The standard InChI is InChI=1S/C9H13BrN2/c1-8-9(5-3-4-6-10)7-12(2)11-8/h3,5,7H,4,6H2,1-2H3/b5-3+. The Labute approximate surface area is 81.4 Å². The van der Waals surface area contributed by atoms with Crippen molar-refractivity contribution in [3.05, 3.63) is 23.5 Å². The van der Waals surface area contributed by atoms with Gasteiger partial charge in [-0.1, -0.05) is 28.1 Å². The highest BCUT2D eigenvalue weighted by atomic mass is 79.9. The smallest absolute Gasteiger partial charge is 0.0665 e. The van der Waals surface area contributed by atoms with Gasteiger partial charge in [0.25, 0.3) is 0 Å². The van der Waals surface area contributed by atoms with Crippen molar-refractivity contribution in [3.63, 3.8) is 0 Å². The molecule has 1 rings (SSSR count). The first-order valence-electron chi connectivity index (χ1n) is 3.97. The molecule has 0 bridgehead atoms. The molecule has 0 amide bonds. The second-order valence-corrected chi connectivity index (χ2v) is 3.52. The molecule has 0 N–H and O–H groups in total. The summed E-state index contributed by atoms with van der Waals surface area (Å²) in [4.78, 5) is 0. The van der Waals surface area contributed by atoms with Crippen molar-refractivity contribution >= 4 is 22.0 Å². The highest BCUT2D eigenvalue weighted by molar-refractivity contribution is 9.09. The summed E-state index contributed by atoms with van der Waals surface area (Å²) in [6.45, 7) is 2.02. The summed E-state index contributed by atoms with van der Waals surface area (Å²) in [6.07, 6.45) is 7.36. The number of halogens is 1. The molecule has 1 aromatic rings. The number of aromatic nitrogens is 2. The van der Waals surface area contributed by atoms with Gasteiger partial charge in [-0.15, -0.1) is 0 Å². The third-order valence-corrected chi connectivity index (χ3v) is 2.08. The van der Waals surface area contributed by atoms with Gasteiger partial charge in [0.1, 0.15) is 0 Å². The monoisotopic (exact) mass is 228 g/mol. The molecule has 0 unspecified atom stereocenters.